The van der Waals surface area contributed by atoms with Crippen molar-refractivity contribution in [1.29, 1.82) is 0 Å². The molecule has 0 fully saturated rings. The molecule has 100 valence electrons. The van der Waals surface area contributed by atoms with Crippen molar-refractivity contribution >= 4 is 10.0 Å². The van der Waals surface area contributed by atoms with Crippen molar-refractivity contribution in [3.05, 3.63) is 54.1 Å². The van der Waals surface area contributed by atoms with E-state index in [-0.39, 0.29) is 17.1 Å². The van der Waals surface area contributed by atoms with Crippen LogP contribution < -0.4 is 5.14 Å². The predicted octanol–water partition coefficient (Wildman–Crippen LogP) is 2.15. The molecule has 0 amide bonds. The van der Waals surface area contributed by atoms with Gasteiger partial charge in [-0.1, -0.05) is 48.5 Å². The number of rotatable bonds is 4. The summed E-state index contributed by atoms with van der Waals surface area (Å²) in [5, 5.41) is 5.31. The molecule has 4 nitrogen and oxygen atoms in total. The highest BCUT2D eigenvalue weighted by Crippen LogP contribution is 2.29. The summed E-state index contributed by atoms with van der Waals surface area (Å²) >= 11 is 0. The van der Waals surface area contributed by atoms with Crippen molar-refractivity contribution in [2.45, 2.75) is 11.5 Å². The molecule has 2 aromatic carbocycles. The van der Waals surface area contributed by atoms with Gasteiger partial charge in [0.25, 0.3) is 0 Å². The third kappa shape index (κ3) is 3.01. The van der Waals surface area contributed by atoms with Crippen LogP contribution in [0.15, 0.2) is 53.4 Å². The summed E-state index contributed by atoms with van der Waals surface area (Å²) in [5.74, 6) is 0. The second-order valence-corrected chi connectivity index (χ2v) is 5.49. The van der Waals surface area contributed by atoms with Crippen molar-refractivity contribution in [2.75, 3.05) is 7.04 Å². The van der Waals surface area contributed by atoms with Gasteiger partial charge in [0.2, 0.25) is 10.0 Å². The average molecular weight is 280 g/mol. The number of methoxy groups -OCH3 is 1. The number of ether oxygens (including phenoxy) is 1. The largest absolute Gasteiger partial charge is 0.380 e. The zero-order chi connectivity index (χ0) is 16.4. The molecule has 0 saturated heterocycles. The molecule has 5 heteroatoms. The van der Waals surface area contributed by atoms with E-state index in [1.807, 2.05) is 6.07 Å². The van der Waals surface area contributed by atoms with E-state index in [1.54, 1.807) is 36.4 Å². The molecule has 2 rings (SSSR count). The number of nitrogens with two attached hydrogens (primary N) is 1. The zero-order valence-electron chi connectivity index (χ0n) is 13.0. The average Bonchev–Trinajstić information content (AvgIpc) is 2.44. The second-order valence-electron chi connectivity index (χ2n) is 3.99. The topological polar surface area (TPSA) is 69.4 Å². The Bertz CT molecular complexity index is 759. The molecular weight excluding hydrogens is 262 g/mol. The van der Waals surface area contributed by atoms with E-state index >= 15 is 0 Å². The smallest absolute Gasteiger partial charge is 0.239 e. The van der Waals surface area contributed by atoms with Gasteiger partial charge >= 0.3 is 0 Å². The molecule has 0 aromatic heterocycles. The quantitative estimate of drug-likeness (QED) is 0.933. The molecule has 0 radical (unpaired) electrons. The lowest BCUT2D eigenvalue weighted by Gasteiger charge is -2.12. The Morgan fingerprint density at radius 2 is 1.89 bits per heavy atom. The molecule has 0 unspecified atom stereocenters. The third-order valence-corrected chi connectivity index (χ3v) is 3.74. The Labute approximate surface area is 117 Å². The lowest BCUT2D eigenvalue weighted by atomic mass is 10.0. The summed E-state index contributed by atoms with van der Waals surface area (Å²) in [6.07, 6.45) is 0. The number of primary sulfonamides is 1. The van der Waals surface area contributed by atoms with Crippen LogP contribution in [0.3, 0.4) is 0 Å². The van der Waals surface area contributed by atoms with Crippen LogP contribution in [0.4, 0.5) is 0 Å². The Hall–Kier alpha value is -1.69. The highest BCUT2D eigenvalue weighted by atomic mass is 32.2. The van der Waals surface area contributed by atoms with E-state index < -0.39 is 17.1 Å². The fourth-order valence-electron chi connectivity index (χ4n) is 1.96. The number of hydrogen-bond acceptors (Lipinski definition) is 3. The molecule has 2 aromatic rings. The lowest BCUT2D eigenvalue weighted by Crippen LogP contribution is -2.16. The highest BCUT2D eigenvalue weighted by molar-refractivity contribution is 7.89. The normalized spacial score (nSPS) is 14.5. The summed E-state index contributed by atoms with van der Waals surface area (Å²) in [6, 6.07) is 13.6. The van der Waals surface area contributed by atoms with Crippen molar-refractivity contribution in [2.24, 2.45) is 5.14 Å². The number of benzene rings is 2. The zero-order valence-corrected chi connectivity index (χ0v) is 10.9. The van der Waals surface area contributed by atoms with Gasteiger partial charge in [-0.25, -0.2) is 13.6 Å². The minimum absolute atomic E-state index is 0.120. The SMILES string of the molecule is [2H]C([2H])([2H])OCc1cccc(-c2ccccc2)c1S(N)(=O)=O. The van der Waals surface area contributed by atoms with Crippen LogP contribution in [0.1, 0.15) is 9.68 Å². The van der Waals surface area contributed by atoms with Crippen LogP contribution in [-0.2, 0) is 21.4 Å². The molecule has 19 heavy (non-hydrogen) atoms. The first-order valence-corrected chi connectivity index (χ1v) is 7.07. The van der Waals surface area contributed by atoms with Gasteiger partial charge in [0.1, 0.15) is 0 Å². The summed E-state index contributed by atoms with van der Waals surface area (Å²) in [7, 11) is -6.66. The van der Waals surface area contributed by atoms with Crippen molar-refractivity contribution in [3.63, 3.8) is 0 Å². The van der Waals surface area contributed by atoms with Gasteiger partial charge in [0.05, 0.1) is 15.6 Å². The lowest BCUT2D eigenvalue weighted by molar-refractivity contribution is 0.183. The molecule has 0 aliphatic heterocycles. The van der Waals surface area contributed by atoms with Gasteiger partial charge in [-0.2, -0.15) is 0 Å². The standard InChI is InChI=1S/C14H15NO3S/c1-18-10-12-8-5-9-13(14(12)19(15,16)17)11-6-3-2-4-7-11/h2-9H,10H2,1H3,(H2,15,16,17)/i1D3. The summed E-state index contributed by atoms with van der Waals surface area (Å²) in [4.78, 5) is -0.120. The maximum absolute atomic E-state index is 12.0. The van der Waals surface area contributed by atoms with E-state index in [1.165, 1.54) is 6.07 Å². The Balaban J connectivity index is 2.57. The molecule has 0 aliphatic carbocycles. The Kier molecular flexibility index (Phi) is 2.95. The Morgan fingerprint density at radius 3 is 2.53 bits per heavy atom. The molecule has 0 bridgehead atoms. The summed E-state index contributed by atoms with van der Waals surface area (Å²) in [5.41, 5.74) is 1.29. The maximum atomic E-state index is 12.0. The Morgan fingerprint density at radius 1 is 1.16 bits per heavy atom. The summed E-state index contributed by atoms with van der Waals surface area (Å²) < 4.78 is 49.8. The molecule has 0 spiro atoms. The van der Waals surface area contributed by atoms with Crippen LogP contribution in [0, 0.1) is 0 Å². The third-order valence-electron chi connectivity index (χ3n) is 2.69. The van der Waals surface area contributed by atoms with Crippen LogP contribution in [-0.4, -0.2) is 15.5 Å². The van der Waals surface area contributed by atoms with Crippen LogP contribution in [0.2, 0.25) is 0 Å². The first-order valence-electron chi connectivity index (χ1n) is 7.02. The van der Waals surface area contributed by atoms with Gasteiger partial charge in [0.15, 0.2) is 0 Å². The second kappa shape index (κ2) is 5.52. The van der Waals surface area contributed by atoms with Gasteiger partial charge in [0, 0.05) is 12.6 Å². The first kappa shape index (κ1) is 10.1. The summed E-state index contributed by atoms with van der Waals surface area (Å²) in [6.45, 7) is -0.372. The monoisotopic (exact) mass is 280 g/mol. The van der Waals surface area contributed by atoms with E-state index in [0.717, 1.165) is 0 Å². The number of hydrogen-bond donors (Lipinski definition) is 1. The molecule has 0 aliphatic rings. The van der Waals surface area contributed by atoms with Gasteiger partial charge in [-0.05, 0) is 11.1 Å². The van der Waals surface area contributed by atoms with Crippen molar-refractivity contribution in [3.8, 4) is 11.1 Å². The van der Waals surface area contributed by atoms with Crippen LogP contribution in [0.25, 0.3) is 11.1 Å². The van der Waals surface area contributed by atoms with E-state index in [4.69, 9.17) is 14.0 Å². The molecule has 0 atom stereocenters. The fourth-order valence-corrected chi connectivity index (χ4v) is 2.94. The van der Waals surface area contributed by atoms with Crippen molar-refractivity contribution in [1.82, 2.24) is 0 Å². The maximum Gasteiger partial charge on any atom is 0.239 e. The van der Waals surface area contributed by atoms with Crippen LogP contribution in [0.5, 0.6) is 0 Å². The number of sulfonamides is 1. The van der Waals surface area contributed by atoms with Gasteiger partial charge in [-0.3, -0.25) is 0 Å². The molecule has 0 saturated carbocycles. The minimum atomic E-state index is -4.04. The highest BCUT2D eigenvalue weighted by Gasteiger charge is 2.19. The molecular formula is C14H15NO3S. The molecule has 0 heterocycles. The molecule has 2 N–H and O–H groups in total. The fraction of sp³-hybridized carbons (Fsp3) is 0.143. The first-order chi connectivity index (χ1) is 10.2. The van der Waals surface area contributed by atoms with E-state index in [9.17, 15) is 8.42 Å². The predicted molar refractivity (Wildman–Crippen MR) is 74.0 cm³/mol. The van der Waals surface area contributed by atoms with Crippen molar-refractivity contribution < 1.29 is 17.3 Å². The van der Waals surface area contributed by atoms with E-state index in [2.05, 4.69) is 0 Å². The van der Waals surface area contributed by atoms with E-state index in [0.29, 0.717) is 11.1 Å². The van der Waals surface area contributed by atoms with Gasteiger partial charge < -0.3 is 4.74 Å². The van der Waals surface area contributed by atoms with Gasteiger partial charge in [-0.15, -0.1) is 0 Å². The minimum Gasteiger partial charge on any atom is -0.380 e. The van der Waals surface area contributed by atoms with Crippen LogP contribution >= 0.6 is 0 Å².